The van der Waals surface area contributed by atoms with E-state index < -0.39 is 12.9 Å². The van der Waals surface area contributed by atoms with Crippen LogP contribution in [0.25, 0.3) is 0 Å². The third-order valence-electron chi connectivity index (χ3n) is 3.99. The predicted molar refractivity (Wildman–Crippen MR) is 109 cm³/mol. The highest BCUT2D eigenvalue weighted by Gasteiger charge is 2.36. The lowest BCUT2D eigenvalue weighted by atomic mass is 10.4. The van der Waals surface area contributed by atoms with Crippen LogP contribution in [0.15, 0.2) is 107 Å². The third kappa shape index (κ3) is 3.80. The molecule has 25 heavy (non-hydrogen) atoms. The fraction of sp³-hybridized carbons (Fsp3) is 0.0476. The first-order valence-electron chi connectivity index (χ1n) is 8.00. The average molecular weight is 365 g/mol. The van der Waals surface area contributed by atoms with E-state index in [1.165, 1.54) is 11.8 Å². The Kier molecular flexibility index (Phi) is 5.60. The van der Waals surface area contributed by atoms with Crippen molar-refractivity contribution in [2.75, 3.05) is 0 Å². The molecule has 2 N–H and O–H groups in total. The maximum atomic E-state index is 14.1. The second-order valence-electron chi connectivity index (χ2n) is 5.66. The van der Waals surface area contributed by atoms with E-state index in [0.29, 0.717) is 4.91 Å². The molecule has 3 rings (SSSR count). The normalized spacial score (nSPS) is 12.5. The van der Waals surface area contributed by atoms with Crippen LogP contribution >= 0.6 is 18.9 Å². The molecule has 0 spiro atoms. The van der Waals surface area contributed by atoms with E-state index in [-0.39, 0.29) is 0 Å². The van der Waals surface area contributed by atoms with Crippen LogP contribution in [0.4, 0.5) is 0 Å². The number of thioether (sulfide) groups is 1. The standard InChI is InChI=1S/C21H20NOPS/c1-17(25-20-15-9-4-10-16-20)21(22)24(23,18-11-5-2-6-12-18)19-13-7-3-8-14-19/h2-16,21H,1,22H2. The Morgan fingerprint density at radius 3 is 1.64 bits per heavy atom. The molecule has 0 aliphatic carbocycles. The van der Waals surface area contributed by atoms with Gasteiger partial charge in [-0.05, 0) is 12.1 Å². The topological polar surface area (TPSA) is 43.1 Å². The molecular weight excluding hydrogens is 345 g/mol. The summed E-state index contributed by atoms with van der Waals surface area (Å²) >= 11 is 1.48. The highest BCUT2D eigenvalue weighted by Crippen LogP contribution is 2.51. The van der Waals surface area contributed by atoms with E-state index >= 15 is 0 Å². The van der Waals surface area contributed by atoms with Gasteiger partial charge >= 0.3 is 0 Å². The first-order chi connectivity index (χ1) is 12.1. The average Bonchev–Trinajstić information content (AvgIpc) is 2.69. The van der Waals surface area contributed by atoms with Crippen molar-refractivity contribution in [3.63, 3.8) is 0 Å². The van der Waals surface area contributed by atoms with E-state index in [9.17, 15) is 4.57 Å². The summed E-state index contributed by atoms with van der Waals surface area (Å²) in [7, 11) is -3.05. The van der Waals surface area contributed by atoms with E-state index in [1.54, 1.807) is 0 Å². The van der Waals surface area contributed by atoms with Gasteiger partial charge in [0.25, 0.3) is 0 Å². The lowest BCUT2D eigenvalue weighted by Crippen LogP contribution is -2.32. The zero-order valence-corrected chi connectivity index (χ0v) is 15.5. The summed E-state index contributed by atoms with van der Waals surface area (Å²) < 4.78 is 14.1. The van der Waals surface area contributed by atoms with Gasteiger partial charge in [-0.2, -0.15) is 0 Å². The number of rotatable bonds is 6. The Morgan fingerprint density at radius 1 is 0.800 bits per heavy atom. The Hall–Kier alpha value is -2.06. The van der Waals surface area contributed by atoms with Crippen LogP contribution in [0.1, 0.15) is 0 Å². The van der Waals surface area contributed by atoms with E-state index in [4.69, 9.17) is 5.73 Å². The summed E-state index contributed by atoms with van der Waals surface area (Å²) in [5, 5.41) is 1.51. The lowest BCUT2D eigenvalue weighted by molar-refractivity contribution is 0.582. The predicted octanol–water partition coefficient (Wildman–Crippen LogP) is 4.59. The number of nitrogens with two attached hydrogens (primary N) is 1. The van der Waals surface area contributed by atoms with Crippen molar-refractivity contribution in [1.82, 2.24) is 0 Å². The summed E-state index contributed by atoms with van der Waals surface area (Å²) in [5.41, 5.74) is 6.52. The van der Waals surface area contributed by atoms with Gasteiger partial charge < -0.3 is 10.3 Å². The molecule has 1 atom stereocenters. The fourth-order valence-electron chi connectivity index (χ4n) is 2.67. The molecule has 0 fully saturated rings. The first-order valence-corrected chi connectivity index (χ1v) is 10.6. The fourth-order valence-corrected chi connectivity index (χ4v) is 6.57. The van der Waals surface area contributed by atoms with Crippen molar-refractivity contribution in [3.05, 3.63) is 102 Å². The Morgan fingerprint density at radius 2 is 1.20 bits per heavy atom. The summed E-state index contributed by atoms with van der Waals surface area (Å²) in [6.07, 6.45) is 0. The molecule has 0 saturated carbocycles. The second kappa shape index (κ2) is 7.88. The smallest absolute Gasteiger partial charge is 0.163 e. The number of benzene rings is 3. The molecule has 0 saturated heterocycles. The molecule has 2 nitrogen and oxygen atoms in total. The maximum absolute atomic E-state index is 14.1. The van der Waals surface area contributed by atoms with Gasteiger partial charge in [0.1, 0.15) is 0 Å². The number of hydrogen-bond acceptors (Lipinski definition) is 3. The molecule has 0 aromatic heterocycles. The van der Waals surface area contributed by atoms with Gasteiger partial charge in [0, 0.05) is 20.4 Å². The van der Waals surface area contributed by atoms with E-state index in [2.05, 4.69) is 6.58 Å². The first kappa shape index (κ1) is 17.8. The van der Waals surface area contributed by atoms with Gasteiger partial charge in [-0.1, -0.05) is 97.2 Å². The molecular formula is C21H20NOPS. The monoisotopic (exact) mass is 365 g/mol. The van der Waals surface area contributed by atoms with Crippen molar-refractivity contribution in [2.45, 2.75) is 10.7 Å². The molecule has 0 heterocycles. The van der Waals surface area contributed by atoms with Crippen molar-refractivity contribution in [2.24, 2.45) is 5.73 Å². The SMILES string of the molecule is C=C(Sc1ccccc1)C(N)P(=O)(c1ccccc1)c1ccccc1. The molecule has 1 unspecified atom stereocenters. The summed E-state index contributed by atoms with van der Waals surface area (Å²) in [4.78, 5) is 1.73. The van der Waals surface area contributed by atoms with E-state index in [1.807, 2.05) is 91.0 Å². The van der Waals surface area contributed by atoms with Gasteiger partial charge in [-0.25, -0.2) is 0 Å². The maximum Gasteiger partial charge on any atom is 0.163 e. The van der Waals surface area contributed by atoms with Gasteiger partial charge in [-0.15, -0.1) is 0 Å². The highest BCUT2D eigenvalue weighted by atomic mass is 32.2. The minimum absolute atomic E-state index is 0.664. The molecule has 0 bridgehead atoms. The summed E-state index contributed by atoms with van der Waals surface area (Å²) in [5.74, 6) is -0.664. The largest absolute Gasteiger partial charge is 0.317 e. The molecule has 126 valence electrons. The van der Waals surface area contributed by atoms with Gasteiger partial charge in [0.15, 0.2) is 7.14 Å². The minimum Gasteiger partial charge on any atom is -0.317 e. The lowest BCUT2D eigenvalue weighted by Gasteiger charge is -2.27. The Balaban J connectivity index is 2.00. The molecule has 0 aliphatic rings. The van der Waals surface area contributed by atoms with Crippen LogP contribution in [0, 0.1) is 0 Å². The zero-order valence-electron chi connectivity index (χ0n) is 13.8. The van der Waals surface area contributed by atoms with Crippen LogP contribution in [-0.4, -0.2) is 5.78 Å². The third-order valence-corrected chi connectivity index (χ3v) is 8.42. The molecule has 0 radical (unpaired) electrons. The van der Waals surface area contributed by atoms with Crippen molar-refractivity contribution < 1.29 is 4.57 Å². The van der Waals surface area contributed by atoms with Gasteiger partial charge in [-0.3, -0.25) is 0 Å². The minimum atomic E-state index is -3.05. The van der Waals surface area contributed by atoms with Crippen LogP contribution in [0.2, 0.25) is 0 Å². The zero-order chi connectivity index (χ0) is 17.7. The van der Waals surface area contributed by atoms with Gasteiger partial charge in [0.2, 0.25) is 0 Å². The molecule has 4 heteroatoms. The molecule has 0 aliphatic heterocycles. The van der Waals surface area contributed by atoms with E-state index in [0.717, 1.165) is 15.5 Å². The van der Waals surface area contributed by atoms with Crippen molar-refractivity contribution in [3.8, 4) is 0 Å². The molecule has 0 amide bonds. The molecule has 3 aromatic carbocycles. The Labute approximate surface area is 153 Å². The van der Waals surface area contributed by atoms with Crippen molar-refractivity contribution in [1.29, 1.82) is 0 Å². The van der Waals surface area contributed by atoms with Crippen LogP contribution in [0.5, 0.6) is 0 Å². The van der Waals surface area contributed by atoms with Crippen LogP contribution in [0.3, 0.4) is 0 Å². The second-order valence-corrected chi connectivity index (χ2v) is 9.76. The summed E-state index contributed by atoms with van der Waals surface area (Å²) in [6.45, 7) is 4.13. The van der Waals surface area contributed by atoms with Crippen LogP contribution < -0.4 is 16.3 Å². The quantitative estimate of drug-likeness (QED) is 0.513. The summed E-state index contributed by atoms with van der Waals surface area (Å²) in [6, 6.07) is 28.8. The molecule has 3 aromatic rings. The van der Waals surface area contributed by atoms with Gasteiger partial charge in [0.05, 0.1) is 5.78 Å². The van der Waals surface area contributed by atoms with Crippen molar-refractivity contribution >= 4 is 29.5 Å². The number of hydrogen-bond donors (Lipinski definition) is 1. The van der Waals surface area contributed by atoms with Crippen LogP contribution in [-0.2, 0) is 4.57 Å². The highest BCUT2D eigenvalue weighted by molar-refractivity contribution is 8.03. The Bertz CT molecular complexity index is 838.